The SMILES string of the molecule is O=C(Cn1c(CO)nc2ccccc21)Nc1ccc2c(c1)OCO2. The number of imidazole rings is 1. The van der Waals surface area contributed by atoms with Crippen LogP contribution in [0, 0.1) is 0 Å². The Morgan fingerprint density at radius 2 is 2.04 bits per heavy atom. The Bertz CT molecular complexity index is 919. The minimum Gasteiger partial charge on any atom is -0.454 e. The van der Waals surface area contributed by atoms with Gasteiger partial charge in [-0.3, -0.25) is 4.79 Å². The molecule has 0 bridgehead atoms. The predicted molar refractivity (Wildman–Crippen MR) is 86.9 cm³/mol. The van der Waals surface area contributed by atoms with Crippen LogP contribution in [-0.4, -0.2) is 27.4 Å². The summed E-state index contributed by atoms with van der Waals surface area (Å²) in [5.74, 6) is 1.51. The van der Waals surface area contributed by atoms with Crippen molar-refractivity contribution in [1.29, 1.82) is 0 Å². The van der Waals surface area contributed by atoms with Crippen molar-refractivity contribution in [3.63, 3.8) is 0 Å². The van der Waals surface area contributed by atoms with Gasteiger partial charge in [0.05, 0.1) is 11.0 Å². The summed E-state index contributed by atoms with van der Waals surface area (Å²) in [7, 11) is 0. The van der Waals surface area contributed by atoms with Crippen LogP contribution in [-0.2, 0) is 17.9 Å². The molecule has 3 aromatic rings. The zero-order valence-electron chi connectivity index (χ0n) is 12.7. The van der Waals surface area contributed by atoms with Crippen molar-refractivity contribution in [2.45, 2.75) is 13.2 Å². The lowest BCUT2D eigenvalue weighted by Gasteiger charge is -2.09. The predicted octanol–water partition coefficient (Wildman–Crippen LogP) is 1.90. The van der Waals surface area contributed by atoms with Crippen LogP contribution in [0.5, 0.6) is 11.5 Å². The van der Waals surface area contributed by atoms with Crippen LogP contribution in [0.25, 0.3) is 11.0 Å². The topological polar surface area (TPSA) is 85.6 Å². The molecule has 0 saturated carbocycles. The van der Waals surface area contributed by atoms with Gasteiger partial charge in [0.1, 0.15) is 19.0 Å². The molecular formula is C17H15N3O4. The molecule has 0 spiro atoms. The number of nitrogens with zero attached hydrogens (tertiary/aromatic N) is 2. The summed E-state index contributed by atoms with van der Waals surface area (Å²) in [6.45, 7) is 0.0183. The summed E-state index contributed by atoms with van der Waals surface area (Å²) in [6, 6.07) is 12.7. The van der Waals surface area contributed by atoms with Crippen LogP contribution in [0.15, 0.2) is 42.5 Å². The average Bonchev–Trinajstić information content (AvgIpc) is 3.19. The largest absolute Gasteiger partial charge is 0.454 e. The lowest BCUT2D eigenvalue weighted by Crippen LogP contribution is -2.20. The molecule has 7 nitrogen and oxygen atoms in total. The second-order valence-electron chi connectivity index (χ2n) is 5.38. The van der Waals surface area contributed by atoms with E-state index in [2.05, 4.69) is 10.3 Å². The first kappa shape index (κ1) is 14.5. The molecule has 1 amide bonds. The number of para-hydroxylation sites is 2. The van der Waals surface area contributed by atoms with Gasteiger partial charge < -0.3 is 24.5 Å². The third-order valence-corrected chi connectivity index (χ3v) is 3.83. The minimum atomic E-state index is -0.230. The Kier molecular flexibility index (Phi) is 3.55. The van der Waals surface area contributed by atoms with Crippen LogP contribution in [0.2, 0.25) is 0 Å². The lowest BCUT2D eigenvalue weighted by molar-refractivity contribution is -0.116. The fraction of sp³-hybridized carbons (Fsp3) is 0.176. The van der Waals surface area contributed by atoms with E-state index in [0.717, 1.165) is 11.0 Å². The molecule has 0 atom stereocenters. The summed E-state index contributed by atoms with van der Waals surface area (Å²) < 4.78 is 12.3. The maximum atomic E-state index is 12.4. The Hall–Kier alpha value is -3.06. The van der Waals surface area contributed by atoms with Gasteiger partial charge in [0.15, 0.2) is 11.5 Å². The number of carbonyl (C=O) groups excluding carboxylic acids is 1. The Morgan fingerprint density at radius 1 is 1.21 bits per heavy atom. The number of benzene rings is 2. The van der Waals surface area contributed by atoms with Crippen LogP contribution >= 0.6 is 0 Å². The Labute approximate surface area is 137 Å². The summed E-state index contributed by atoms with van der Waals surface area (Å²) in [5, 5.41) is 12.3. The quantitative estimate of drug-likeness (QED) is 0.765. The van der Waals surface area contributed by atoms with E-state index < -0.39 is 0 Å². The highest BCUT2D eigenvalue weighted by atomic mass is 16.7. The summed E-state index contributed by atoms with van der Waals surface area (Å²) >= 11 is 0. The molecule has 2 N–H and O–H groups in total. The summed E-state index contributed by atoms with van der Waals surface area (Å²) in [4.78, 5) is 16.7. The molecule has 4 rings (SSSR count). The maximum Gasteiger partial charge on any atom is 0.244 e. The van der Waals surface area contributed by atoms with Crippen molar-refractivity contribution in [3.05, 3.63) is 48.3 Å². The third kappa shape index (κ3) is 2.55. The van der Waals surface area contributed by atoms with E-state index in [-0.39, 0.29) is 25.9 Å². The molecule has 0 saturated heterocycles. The van der Waals surface area contributed by atoms with Crippen LogP contribution in [0.3, 0.4) is 0 Å². The number of fused-ring (bicyclic) bond motifs is 2. The number of nitrogens with one attached hydrogen (secondary N) is 1. The van der Waals surface area contributed by atoms with Gasteiger partial charge in [-0.05, 0) is 24.3 Å². The molecule has 24 heavy (non-hydrogen) atoms. The normalized spacial score (nSPS) is 12.5. The van der Waals surface area contributed by atoms with Crippen molar-refractivity contribution in [3.8, 4) is 11.5 Å². The first-order valence-electron chi connectivity index (χ1n) is 7.49. The number of aromatic nitrogens is 2. The third-order valence-electron chi connectivity index (χ3n) is 3.83. The van der Waals surface area contributed by atoms with Crippen LogP contribution in [0.4, 0.5) is 5.69 Å². The highest BCUT2D eigenvalue weighted by molar-refractivity contribution is 5.92. The van der Waals surface area contributed by atoms with Gasteiger partial charge in [-0.25, -0.2) is 4.98 Å². The number of amides is 1. The molecule has 7 heteroatoms. The van der Waals surface area contributed by atoms with Gasteiger partial charge >= 0.3 is 0 Å². The molecular weight excluding hydrogens is 310 g/mol. The maximum absolute atomic E-state index is 12.4. The number of ether oxygens (including phenoxy) is 2. The number of aliphatic hydroxyl groups is 1. The van der Waals surface area contributed by atoms with E-state index in [4.69, 9.17) is 9.47 Å². The number of carbonyl (C=O) groups is 1. The zero-order valence-corrected chi connectivity index (χ0v) is 12.7. The first-order valence-corrected chi connectivity index (χ1v) is 7.49. The number of rotatable bonds is 4. The van der Waals surface area contributed by atoms with Gasteiger partial charge in [-0.1, -0.05) is 12.1 Å². The molecule has 1 aliphatic heterocycles. The Morgan fingerprint density at radius 3 is 2.92 bits per heavy atom. The van der Waals surface area contributed by atoms with E-state index in [1.54, 1.807) is 22.8 Å². The molecule has 0 radical (unpaired) electrons. The lowest BCUT2D eigenvalue weighted by atomic mass is 10.2. The van der Waals surface area contributed by atoms with Crippen LogP contribution < -0.4 is 14.8 Å². The summed E-state index contributed by atoms with van der Waals surface area (Å²) in [5.41, 5.74) is 2.18. The highest BCUT2D eigenvalue weighted by Gasteiger charge is 2.16. The van der Waals surface area contributed by atoms with E-state index >= 15 is 0 Å². The van der Waals surface area contributed by atoms with Crippen molar-refractivity contribution in [1.82, 2.24) is 9.55 Å². The molecule has 1 aromatic heterocycles. The number of anilines is 1. The van der Waals surface area contributed by atoms with Crippen molar-refractivity contribution >= 4 is 22.6 Å². The fourth-order valence-electron chi connectivity index (χ4n) is 2.74. The van der Waals surface area contributed by atoms with E-state index in [1.165, 1.54) is 0 Å². The van der Waals surface area contributed by atoms with Gasteiger partial charge in [0.2, 0.25) is 12.7 Å². The van der Waals surface area contributed by atoms with Crippen molar-refractivity contribution < 1.29 is 19.4 Å². The van der Waals surface area contributed by atoms with E-state index in [9.17, 15) is 9.90 Å². The standard InChI is InChI=1S/C17H15N3O4/c21-9-16-19-12-3-1-2-4-13(12)20(16)8-17(22)18-11-5-6-14-15(7-11)24-10-23-14/h1-7,21H,8-10H2,(H,18,22). The minimum absolute atomic E-state index is 0.0604. The highest BCUT2D eigenvalue weighted by Crippen LogP contribution is 2.34. The number of hydrogen-bond donors (Lipinski definition) is 2. The Balaban J connectivity index is 1.56. The molecule has 2 heterocycles. The van der Waals surface area contributed by atoms with E-state index in [0.29, 0.717) is 23.0 Å². The number of hydrogen-bond acceptors (Lipinski definition) is 5. The molecule has 0 aliphatic carbocycles. The molecule has 1 aliphatic rings. The second-order valence-corrected chi connectivity index (χ2v) is 5.38. The fourth-order valence-corrected chi connectivity index (χ4v) is 2.74. The zero-order chi connectivity index (χ0) is 16.5. The van der Waals surface area contributed by atoms with Gasteiger partial charge in [-0.2, -0.15) is 0 Å². The summed E-state index contributed by atoms with van der Waals surface area (Å²) in [6.07, 6.45) is 0. The van der Waals surface area contributed by atoms with Gasteiger partial charge in [0.25, 0.3) is 0 Å². The molecule has 0 fully saturated rings. The van der Waals surface area contributed by atoms with E-state index in [1.807, 2.05) is 24.3 Å². The van der Waals surface area contributed by atoms with Crippen molar-refractivity contribution in [2.75, 3.05) is 12.1 Å². The van der Waals surface area contributed by atoms with Gasteiger partial charge in [0, 0.05) is 11.8 Å². The first-order chi connectivity index (χ1) is 11.7. The van der Waals surface area contributed by atoms with Crippen molar-refractivity contribution in [2.24, 2.45) is 0 Å². The van der Waals surface area contributed by atoms with Gasteiger partial charge in [-0.15, -0.1) is 0 Å². The number of aliphatic hydroxyl groups excluding tert-OH is 1. The average molecular weight is 325 g/mol. The second kappa shape index (κ2) is 5.86. The monoisotopic (exact) mass is 325 g/mol. The smallest absolute Gasteiger partial charge is 0.244 e. The molecule has 0 unspecified atom stereocenters. The van der Waals surface area contributed by atoms with Crippen LogP contribution in [0.1, 0.15) is 5.82 Å². The molecule has 122 valence electrons. The molecule has 2 aromatic carbocycles.